The average Bonchev–Trinajstić information content (AvgIpc) is 2.15. The third kappa shape index (κ3) is 4.73. The van der Waals surface area contributed by atoms with Crippen LogP contribution in [0.2, 0.25) is 0 Å². The van der Waals surface area contributed by atoms with Crippen molar-refractivity contribution in [3.05, 3.63) is 12.7 Å². The lowest BCUT2D eigenvalue weighted by atomic mass is 10.1. The molecule has 0 saturated heterocycles. The average molecular weight is 253 g/mol. The van der Waals surface area contributed by atoms with Gasteiger partial charge in [-0.1, -0.05) is 13.5 Å². The Morgan fingerprint density at radius 3 is 2.38 bits per heavy atom. The molecule has 16 heavy (non-hydrogen) atoms. The van der Waals surface area contributed by atoms with Gasteiger partial charge in [-0.3, -0.25) is 0 Å². The summed E-state index contributed by atoms with van der Waals surface area (Å²) < 4.78 is 36.0. The highest BCUT2D eigenvalue weighted by molar-refractivity contribution is 7.87. The Morgan fingerprint density at radius 2 is 2.06 bits per heavy atom. The van der Waals surface area contributed by atoms with E-state index in [9.17, 15) is 17.8 Å². The van der Waals surface area contributed by atoms with Crippen LogP contribution in [0.1, 0.15) is 26.7 Å². The van der Waals surface area contributed by atoms with Gasteiger partial charge in [0.15, 0.2) is 0 Å². The molecule has 96 valence electrons. The maximum absolute atomic E-state index is 10.9. The molecule has 4 N–H and O–H groups in total. The SMILES string of the molecule is C=CC(=O)OCCC(C)(CC)S(=O)(=O)[O-].[NH4+]. The molecule has 0 amide bonds. The largest absolute Gasteiger partial charge is 0.748 e. The summed E-state index contributed by atoms with van der Waals surface area (Å²) in [6.45, 7) is 6.04. The molecule has 0 aromatic rings. The second-order valence-corrected chi connectivity index (χ2v) is 5.27. The highest BCUT2D eigenvalue weighted by atomic mass is 32.2. The lowest BCUT2D eigenvalue weighted by molar-refractivity contribution is -0.138. The van der Waals surface area contributed by atoms with E-state index in [4.69, 9.17) is 0 Å². The lowest BCUT2D eigenvalue weighted by Crippen LogP contribution is -2.35. The molecule has 0 aliphatic carbocycles. The Hall–Kier alpha value is -0.920. The summed E-state index contributed by atoms with van der Waals surface area (Å²) >= 11 is 0. The zero-order valence-electron chi connectivity index (χ0n) is 9.86. The van der Waals surface area contributed by atoms with Gasteiger partial charge in [0, 0.05) is 6.08 Å². The first kappa shape index (κ1) is 17.5. The molecule has 0 aliphatic heterocycles. The number of quaternary nitrogens is 1. The van der Waals surface area contributed by atoms with Crippen LogP contribution >= 0.6 is 0 Å². The monoisotopic (exact) mass is 253 g/mol. The van der Waals surface area contributed by atoms with Crippen molar-refractivity contribution < 1.29 is 22.5 Å². The fourth-order valence-electron chi connectivity index (χ4n) is 0.905. The van der Waals surface area contributed by atoms with Crippen LogP contribution in [0, 0.1) is 0 Å². The van der Waals surface area contributed by atoms with Gasteiger partial charge in [0.25, 0.3) is 0 Å². The Balaban J connectivity index is 0. The van der Waals surface area contributed by atoms with Gasteiger partial charge >= 0.3 is 5.97 Å². The number of hydrogen-bond acceptors (Lipinski definition) is 5. The molecule has 0 spiro atoms. The van der Waals surface area contributed by atoms with Gasteiger partial charge < -0.3 is 15.4 Å². The minimum Gasteiger partial charge on any atom is -0.748 e. The second kappa shape index (κ2) is 6.62. The maximum atomic E-state index is 10.9. The van der Waals surface area contributed by atoms with Crippen molar-refractivity contribution in [1.29, 1.82) is 0 Å². The van der Waals surface area contributed by atoms with Crippen molar-refractivity contribution in [1.82, 2.24) is 6.15 Å². The molecule has 0 aromatic carbocycles. The van der Waals surface area contributed by atoms with Gasteiger partial charge in [0.1, 0.15) is 10.1 Å². The summed E-state index contributed by atoms with van der Waals surface area (Å²) in [5.41, 5.74) is 0. The lowest BCUT2D eigenvalue weighted by Gasteiger charge is -2.30. The van der Waals surface area contributed by atoms with Gasteiger partial charge in [0.2, 0.25) is 0 Å². The molecular formula is C9H19NO5S. The summed E-state index contributed by atoms with van der Waals surface area (Å²) in [4.78, 5) is 10.7. The Bertz CT molecular complexity index is 338. The zero-order valence-corrected chi connectivity index (χ0v) is 10.7. The van der Waals surface area contributed by atoms with Crippen molar-refractivity contribution in [2.75, 3.05) is 6.61 Å². The molecule has 0 fully saturated rings. The highest BCUT2D eigenvalue weighted by Crippen LogP contribution is 2.24. The van der Waals surface area contributed by atoms with E-state index < -0.39 is 20.8 Å². The van der Waals surface area contributed by atoms with Crippen LogP contribution in [0.3, 0.4) is 0 Å². The molecule has 0 bridgehead atoms. The highest BCUT2D eigenvalue weighted by Gasteiger charge is 2.29. The molecule has 1 atom stereocenters. The third-order valence-electron chi connectivity index (χ3n) is 2.39. The van der Waals surface area contributed by atoms with Gasteiger partial charge in [-0.05, 0) is 19.8 Å². The van der Waals surface area contributed by atoms with Crippen molar-refractivity contribution in [2.45, 2.75) is 31.4 Å². The van der Waals surface area contributed by atoms with E-state index >= 15 is 0 Å². The van der Waals surface area contributed by atoms with Crippen LogP contribution in [-0.2, 0) is 19.6 Å². The summed E-state index contributed by atoms with van der Waals surface area (Å²) in [5.74, 6) is -0.628. The standard InChI is InChI=1S/C9H16O5S.H3N/c1-4-8(10)14-7-6-9(3,5-2)15(11,12)13;/h4H,1,5-7H2,2-3H3,(H,11,12,13);1H3. The Morgan fingerprint density at radius 1 is 1.56 bits per heavy atom. The first-order valence-electron chi connectivity index (χ1n) is 4.51. The molecule has 7 heteroatoms. The van der Waals surface area contributed by atoms with Crippen LogP contribution in [0.15, 0.2) is 12.7 Å². The van der Waals surface area contributed by atoms with Crippen LogP contribution in [-0.4, -0.2) is 30.3 Å². The zero-order chi connectivity index (χ0) is 12.1. The smallest absolute Gasteiger partial charge is 0.330 e. The van der Waals surface area contributed by atoms with E-state index in [0.29, 0.717) is 0 Å². The second-order valence-electron chi connectivity index (χ2n) is 3.38. The molecule has 6 nitrogen and oxygen atoms in total. The molecule has 0 aliphatic rings. The molecule has 0 rings (SSSR count). The van der Waals surface area contributed by atoms with Crippen molar-refractivity contribution in [2.24, 2.45) is 0 Å². The molecule has 0 aromatic heterocycles. The fraction of sp³-hybridized carbons (Fsp3) is 0.667. The molecule has 1 unspecified atom stereocenters. The van der Waals surface area contributed by atoms with E-state index in [-0.39, 0.29) is 25.6 Å². The molecule has 0 saturated carbocycles. The summed E-state index contributed by atoms with van der Waals surface area (Å²) in [6.07, 6.45) is 1.16. The van der Waals surface area contributed by atoms with Crippen molar-refractivity contribution >= 4 is 16.1 Å². The third-order valence-corrected chi connectivity index (χ3v) is 4.09. The Kier molecular flexibility index (Phi) is 7.23. The molecule has 0 radical (unpaired) electrons. The van der Waals surface area contributed by atoms with Crippen molar-refractivity contribution in [3.8, 4) is 0 Å². The van der Waals surface area contributed by atoms with E-state index in [0.717, 1.165) is 6.08 Å². The van der Waals surface area contributed by atoms with Crippen LogP contribution in [0.25, 0.3) is 0 Å². The summed E-state index contributed by atoms with van der Waals surface area (Å²) in [7, 11) is -4.39. The quantitative estimate of drug-likeness (QED) is 0.433. The van der Waals surface area contributed by atoms with Crippen LogP contribution < -0.4 is 6.15 Å². The summed E-state index contributed by atoms with van der Waals surface area (Å²) in [5, 5.41) is 0. The fourth-order valence-corrected chi connectivity index (χ4v) is 1.59. The predicted octanol–water partition coefficient (Wildman–Crippen LogP) is 1.20. The number of esters is 1. The predicted molar refractivity (Wildman–Crippen MR) is 60.2 cm³/mol. The van der Waals surface area contributed by atoms with Crippen LogP contribution in [0.4, 0.5) is 0 Å². The van der Waals surface area contributed by atoms with E-state index in [1.165, 1.54) is 6.92 Å². The van der Waals surface area contributed by atoms with Gasteiger partial charge in [-0.25, -0.2) is 13.2 Å². The van der Waals surface area contributed by atoms with Gasteiger partial charge in [-0.15, -0.1) is 0 Å². The Labute approximate surface area is 96.0 Å². The molecular weight excluding hydrogens is 234 g/mol. The van der Waals surface area contributed by atoms with Crippen LogP contribution in [0.5, 0.6) is 0 Å². The maximum Gasteiger partial charge on any atom is 0.330 e. The minimum absolute atomic E-state index is 0. The first-order valence-corrected chi connectivity index (χ1v) is 5.92. The number of carbonyl (C=O) groups is 1. The number of carbonyl (C=O) groups excluding carboxylic acids is 1. The minimum atomic E-state index is -4.39. The number of hydrogen-bond donors (Lipinski definition) is 1. The number of ether oxygens (including phenoxy) is 1. The number of rotatable bonds is 6. The topological polar surface area (TPSA) is 120 Å². The van der Waals surface area contributed by atoms with E-state index in [1.807, 2.05) is 0 Å². The first-order chi connectivity index (χ1) is 6.77. The van der Waals surface area contributed by atoms with E-state index in [1.54, 1.807) is 6.92 Å². The van der Waals surface area contributed by atoms with Gasteiger partial charge in [0.05, 0.1) is 11.4 Å². The van der Waals surface area contributed by atoms with E-state index in [2.05, 4.69) is 11.3 Å². The molecule has 0 heterocycles. The normalized spacial score (nSPS) is 14.4. The van der Waals surface area contributed by atoms with Crippen molar-refractivity contribution in [3.63, 3.8) is 0 Å². The van der Waals surface area contributed by atoms with Gasteiger partial charge in [-0.2, -0.15) is 0 Å². The summed E-state index contributed by atoms with van der Waals surface area (Å²) in [6, 6.07) is 0.